The van der Waals surface area contributed by atoms with Gasteiger partial charge in [-0.2, -0.15) is 0 Å². The highest BCUT2D eigenvalue weighted by molar-refractivity contribution is 5.61. The van der Waals surface area contributed by atoms with Gasteiger partial charge in [0.15, 0.2) is 0 Å². The largest absolute Gasteiger partial charge is 0.394 e. The van der Waals surface area contributed by atoms with Crippen LogP contribution in [0.2, 0.25) is 0 Å². The van der Waals surface area contributed by atoms with Crippen molar-refractivity contribution in [3.05, 3.63) is 52.6 Å². The molecular weight excluding hydrogens is 219 g/mol. The molecule has 0 bridgehead atoms. The highest BCUT2D eigenvalue weighted by atomic mass is 19.1. The van der Waals surface area contributed by atoms with Crippen molar-refractivity contribution in [3.8, 4) is 11.3 Å². The van der Waals surface area contributed by atoms with Crippen molar-refractivity contribution in [1.82, 2.24) is 4.57 Å². The number of nitrogen functional groups attached to an aromatic ring is 1. The molecule has 0 radical (unpaired) electrons. The van der Waals surface area contributed by atoms with Gasteiger partial charge in [0.25, 0.3) is 5.56 Å². The van der Waals surface area contributed by atoms with Crippen LogP contribution in [0, 0.1) is 5.82 Å². The molecule has 0 spiro atoms. The number of nitrogens with zero attached hydrogens (tertiary/aromatic N) is 1. The number of benzene rings is 1. The lowest BCUT2D eigenvalue weighted by molar-refractivity contribution is 0.628. The minimum absolute atomic E-state index is 0.201. The molecular formula is C13H13FN2O. The predicted octanol–water partition coefficient (Wildman–Crippen LogP) is 2.26. The SMILES string of the molecule is CCn1c(-c2cccc(F)c2)ccc(N)c1=O. The molecule has 2 N–H and O–H groups in total. The van der Waals surface area contributed by atoms with Gasteiger partial charge < -0.3 is 10.3 Å². The second-order valence-corrected chi connectivity index (χ2v) is 3.73. The first-order valence-corrected chi connectivity index (χ1v) is 5.38. The van der Waals surface area contributed by atoms with Crippen molar-refractivity contribution in [2.75, 3.05) is 5.73 Å². The molecule has 0 atom stereocenters. The van der Waals surface area contributed by atoms with E-state index in [1.165, 1.54) is 16.7 Å². The van der Waals surface area contributed by atoms with Crippen LogP contribution >= 0.6 is 0 Å². The third-order valence-electron chi connectivity index (χ3n) is 2.64. The van der Waals surface area contributed by atoms with Crippen molar-refractivity contribution in [3.63, 3.8) is 0 Å². The summed E-state index contributed by atoms with van der Waals surface area (Å²) in [6, 6.07) is 9.43. The fourth-order valence-corrected chi connectivity index (χ4v) is 1.81. The molecule has 1 aromatic heterocycles. The van der Waals surface area contributed by atoms with Gasteiger partial charge in [-0.25, -0.2) is 4.39 Å². The Hall–Kier alpha value is -2.10. The van der Waals surface area contributed by atoms with E-state index in [0.717, 1.165) is 0 Å². The number of halogens is 1. The zero-order valence-electron chi connectivity index (χ0n) is 9.48. The van der Waals surface area contributed by atoms with Crippen LogP contribution in [0.3, 0.4) is 0 Å². The lowest BCUT2D eigenvalue weighted by Crippen LogP contribution is -2.23. The van der Waals surface area contributed by atoms with Gasteiger partial charge in [0, 0.05) is 12.1 Å². The van der Waals surface area contributed by atoms with Gasteiger partial charge in [-0.15, -0.1) is 0 Å². The summed E-state index contributed by atoms with van der Waals surface area (Å²) in [7, 11) is 0. The van der Waals surface area contributed by atoms with Gasteiger partial charge >= 0.3 is 0 Å². The molecule has 0 fully saturated rings. The summed E-state index contributed by atoms with van der Waals surface area (Å²) in [5.74, 6) is -0.325. The van der Waals surface area contributed by atoms with Crippen molar-refractivity contribution >= 4 is 5.69 Å². The summed E-state index contributed by atoms with van der Waals surface area (Å²) in [6.07, 6.45) is 0. The second-order valence-electron chi connectivity index (χ2n) is 3.73. The van der Waals surface area contributed by atoms with Gasteiger partial charge in [0.05, 0.1) is 11.4 Å². The molecule has 1 heterocycles. The molecule has 0 amide bonds. The molecule has 0 aliphatic carbocycles. The smallest absolute Gasteiger partial charge is 0.274 e. The van der Waals surface area contributed by atoms with Crippen LogP contribution in [0.1, 0.15) is 6.92 Å². The zero-order valence-corrected chi connectivity index (χ0v) is 9.48. The standard InChI is InChI=1S/C13H13FN2O/c1-2-16-12(7-6-11(15)13(16)17)9-4-3-5-10(14)8-9/h3-8H,2,15H2,1H3. The topological polar surface area (TPSA) is 48.0 Å². The van der Waals surface area contributed by atoms with Crippen LogP contribution in [0.4, 0.5) is 10.1 Å². The summed E-state index contributed by atoms with van der Waals surface area (Å²) in [5.41, 5.74) is 6.87. The normalized spacial score (nSPS) is 10.5. The lowest BCUT2D eigenvalue weighted by atomic mass is 10.1. The highest BCUT2D eigenvalue weighted by Crippen LogP contribution is 2.19. The minimum atomic E-state index is -0.325. The van der Waals surface area contributed by atoms with Gasteiger partial charge in [0.1, 0.15) is 5.82 Å². The predicted molar refractivity (Wildman–Crippen MR) is 66.2 cm³/mol. The van der Waals surface area contributed by atoms with Gasteiger partial charge in [-0.05, 0) is 31.2 Å². The van der Waals surface area contributed by atoms with Crippen LogP contribution in [-0.2, 0) is 6.54 Å². The van der Waals surface area contributed by atoms with E-state index in [4.69, 9.17) is 5.73 Å². The molecule has 88 valence electrons. The van der Waals surface area contributed by atoms with Crippen molar-refractivity contribution < 1.29 is 4.39 Å². The van der Waals surface area contributed by atoms with E-state index < -0.39 is 0 Å². The summed E-state index contributed by atoms with van der Waals surface area (Å²) >= 11 is 0. The monoisotopic (exact) mass is 232 g/mol. The van der Waals surface area contributed by atoms with Crippen molar-refractivity contribution in [1.29, 1.82) is 0 Å². The van der Waals surface area contributed by atoms with Crippen LogP contribution < -0.4 is 11.3 Å². The summed E-state index contributed by atoms with van der Waals surface area (Å²) in [4.78, 5) is 11.8. The molecule has 0 saturated heterocycles. The molecule has 1 aromatic carbocycles. The van der Waals surface area contributed by atoms with Crippen molar-refractivity contribution in [2.24, 2.45) is 0 Å². The first-order valence-electron chi connectivity index (χ1n) is 5.38. The van der Waals surface area contributed by atoms with Gasteiger partial charge in [0.2, 0.25) is 0 Å². The van der Waals surface area contributed by atoms with Crippen molar-refractivity contribution in [2.45, 2.75) is 13.5 Å². The first-order chi connectivity index (χ1) is 8.13. The maximum absolute atomic E-state index is 13.2. The Morgan fingerprint density at radius 1 is 1.29 bits per heavy atom. The van der Waals surface area contributed by atoms with E-state index in [1.54, 1.807) is 24.3 Å². The highest BCUT2D eigenvalue weighted by Gasteiger charge is 2.07. The third kappa shape index (κ3) is 2.06. The van der Waals surface area contributed by atoms with Crippen LogP contribution in [0.25, 0.3) is 11.3 Å². The summed E-state index contributed by atoms with van der Waals surface area (Å²) in [6.45, 7) is 2.35. The van der Waals surface area contributed by atoms with E-state index in [1.807, 2.05) is 6.92 Å². The Balaban J connectivity index is 2.68. The second kappa shape index (κ2) is 4.41. The third-order valence-corrected chi connectivity index (χ3v) is 2.64. The van der Waals surface area contributed by atoms with E-state index in [2.05, 4.69) is 0 Å². The molecule has 0 unspecified atom stereocenters. The molecule has 4 heteroatoms. The van der Waals surface area contributed by atoms with E-state index >= 15 is 0 Å². The average Bonchev–Trinajstić information content (AvgIpc) is 2.32. The van der Waals surface area contributed by atoms with Gasteiger partial charge in [-0.3, -0.25) is 4.79 Å². The molecule has 0 aliphatic rings. The number of nitrogens with two attached hydrogens (primary N) is 1. The Bertz CT molecular complexity index is 605. The van der Waals surface area contributed by atoms with E-state index in [9.17, 15) is 9.18 Å². The number of hydrogen-bond acceptors (Lipinski definition) is 2. The fraction of sp³-hybridized carbons (Fsp3) is 0.154. The Kier molecular flexibility index (Phi) is 2.95. The molecule has 2 aromatic rings. The lowest BCUT2D eigenvalue weighted by Gasteiger charge is -2.11. The van der Waals surface area contributed by atoms with Crippen LogP contribution in [0.5, 0.6) is 0 Å². The number of hydrogen-bond donors (Lipinski definition) is 1. The summed E-state index contributed by atoms with van der Waals surface area (Å²) in [5, 5.41) is 0. The first kappa shape index (κ1) is 11.4. The number of anilines is 1. The maximum Gasteiger partial charge on any atom is 0.274 e. The average molecular weight is 232 g/mol. The quantitative estimate of drug-likeness (QED) is 0.863. The number of aromatic nitrogens is 1. The van der Waals surface area contributed by atoms with Crippen LogP contribution in [0.15, 0.2) is 41.2 Å². The molecule has 3 nitrogen and oxygen atoms in total. The van der Waals surface area contributed by atoms with Gasteiger partial charge in [-0.1, -0.05) is 12.1 Å². The Morgan fingerprint density at radius 2 is 2.06 bits per heavy atom. The fourth-order valence-electron chi connectivity index (χ4n) is 1.81. The Labute approximate surface area is 98.3 Å². The van der Waals surface area contributed by atoms with Crippen LogP contribution in [-0.4, -0.2) is 4.57 Å². The molecule has 0 saturated carbocycles. The number of pyridine rings is 1. The number of rotatable bonds is 2. The minimum Gasteiger partial charge on any atom is -0.394 e. The summed E-state index contributed by atoms with van der Waals surface area (Å²) < 4.78 is 14.7. The van der Waals surface area contributed by atoms with E-state index in [-0.39, 0.29) is 17.1 Å². The van der Waals surface area contributed by atoms with E-state index in [0.29, 0.717) is 17.8 Å². The Morgan fingerprint density at radius 3 is 2.71 bits per heavy atom. The zero-order chi connectivity index (χ0) is 12.4. The molecule has 2 rings (SSSR count). The maximum atomic E-state index is 13.2. The molecule has 17 heavy (non-hydrogen) atoms. The molecule has 0 aliphatic heterocycles.